The molecule has 1 aromatic rings. The molecule has 0 atom stereocenters. The van der Waals surface area contributed by atoms with E-state index in [0.29, 0.717) is 12.6 Å². The molecule has 0 aliphatic carbocycles. The molecule has 1 aromatic carbocycles. The van der Waals surface area contributed by atoms with Crippen LogP contribution in [0.15, 0.2) is 34.2 Å². The summed E-state index contributed by atoms with van der Waals surface area (Å²) in [4.78, 5) is 7.26. The molecule has 1 saturated heterocycles. The molecule has 0 amide bonds. The van der Waals surface area contributed by atoms with Gasteiger partial charge < -0.3 is 19.7 Å². The van der Waals surface area contributed by atoms with Crippen molar-refractivity contribution in [1.29, 1.82) is 0 Å². The number of hydrogen-bond acceptors (Lipinski definition) is 5. The molecule has 172 valence electrons. The number of aliphatic imine (C=N–C) groups is 1. The number of piperidine rings is 1. The Morgan fingerprint density at radius 2 is 1.87 bits per heavy atom. The first-order valence-electron chi connectivity index (χ1n) is 10.2. The van der Waals surface area contributed by atoms with Gasteiger partial charge in [-0.15, -0.1) is 24.0 Å². The molecule has 0 aromatic heterocycles. The second-order valence-electron chi connectivity index (χ2n) is 6.93. The molecule has 0 bridgehead atoms. The zero-order chi connectivity index (χ0) is 21.1. The SMILES string of the molecule is CCNC(=NCc1ccc(S(=O)(=O)NC)cc1)N1CCC(OCCCOC)CC1.I. The topological polar surface area (TPSA) is 92.3 Å². The molecule has 0 saturated carbocycles. The molecule has 30 heavy (non-hydrogen) atoms. The molecule has 1 fully saturated rings. The van der Waals surface area contributed by atoms with Crippen LogP contribution >= 0.6 is 24.0 Å². The fraction of sp³-hybridized carbons (Fsp3) is 0.650. The number of sulfonamides is 1. The molecule has 0 radical (unpaired) electrons. The number of benzene rings is 1. The normalized spacial score (nSPS) is 15.7. The summed E-state index contributed by atoms with van der Waals surface area (Å²) in [5.74, 6) is 0.886. The Hall–Kier alpha value is -0.950. The number of likely N-dealkylation sites (tertiary alicyclic amines) is 1. The Morgan fingerprint density at radius 1 is 1.20 bits per heavy atom. The maximum Gasteiger partial charge on any atom is 0.240 e. The summed E-state index contributed by atoms with van der Waals surface area (Å²) < 4.78 is 37.0. The zero-order valence-corrected chi connectivity index (χ0v) is 21.2. The van der Waals surface area contributed by atoms with Crippen LogP contribution in [-0.4, -0.2) is 72.4 Å². The van der Waals surface area contributed by atoms with E-state index >= 15 is 0 Å². The van der Waals surface area contributed by atoms with E-state index in [1.165, 1.54) is 7.05 Å². The summed E-state index contributed by atoms with van der Waals surface area (Å²) in [6.45, 7) is 6.63. The van der Waals surface area contributed by atoms with Crippen LogP contribution in [0.5, 0.6) is 0 Å². The summed E-state index contributed by atoms with van der Waals surface area (Å²) in [6, 6.07) is 6.82. The molecule has 1 aliphatic heterocycles. The van der Waals surface area contributed by atoms with Gasteiger partial charge in [-0.3, -0.25) is 0 Å². The van der Waals surface area contributed by atoms with Gasteiger partial charge in [0.15, 0.2) is 5.96 Å². The van der Waals surface area contributed by atoms with Crippen LogP contribution in [-0.2, 0) is 26.0 Å². The number of guanidine groups is 1. The molecule has 8 nitrogen and oxygen atoms in total. The highest BCUT2D eigenvalue weighted by molar-refractivity contribution is 14.0. The van der Waals surface area contributed by atoms with Crippen molar-refractivity contribution in [2.45, 2.75) is 43.7 Å². The standard InChI is InChI=1S/C20H34N4O4S.HI/c1-4-22-20(24-12-10-18(11-13-24)28-15-5-14-27-3)23-16-17-6-8-19(9-7-17)29(25,26)21-2;/h6-9,18,21H,4-5,10-16H2,1-3H3,(H,22,23);1H. The number of methoxy groups -OCH3 is 1. The predicted molar refractivity (Wildman–Crippen MR) is 130 cm³/mol. The molecular formula is C20H35IN4O4S. The minimum absolute atomic E-state index is 0. The lowest BCUT2D eigenvalue weighted by atomic mass is 10.1. The van der Waals surface area contributed by atoms with Crippen LogP contribution in [0.2, 0.25) is 0 Å². The largest absolute Gasteiger partial charge is 0.385 e. The van der Waals surface area contributed by atoms with Gasteiger partial charge in [-0.2, -0.15) is 0 Å². The Kier molecular flexibility index (Phi) is 12.8. The van der Waals surface area contributed by atoms with E-state index in [1.54, 1.807) is 31.4 Å². The van der Waals surface area contributed by atoms with E-state index in [0.717, 1.165) is 63.6 Å². The van der Waals surface area contributed by atoms with Gasteiger partial charge in [0.1, 0.15) is 0 Å². The third kappa shape index (κ3) is 8.66. The van der Waals surface area contributed by atoms with Crippen molar-refractivity contribution in [1.82, 2.24) is 14.9 Å². The van der Waals surface area contributed by atoms with E-state index in [-0.39, 0.29) is 28.9 Å². The molecule has 2 rings (SSSR count). The highest BCUT2D eigenvalue weighted by Gasteiger charge is 2.21. The van der Waals surface area contributed by atoms with E-state index in [2.05, 4.69) is 21.9 Å². The van der Waals surface area contributed by atoms with Crippen molar-refractivity contribution < 1.29 is 17.9 Å². The van der Waals surface area contributed by atoms with Crippen LogP contribution in [0.3, 0.4) is 0 Å². The molecule has 2 N–H and O–H groups in total. The number of rotatable bonds is 10. The Labute approximate surface area is 197 Å². The number of nitrogens with zero attached hydrogens (tertiary/aromatic N) is 2. The molecule has 10 heteroatoms. The van der Waals surface area contributed by atoms with Gasteiger partial charge in [0, 0.05) is 40.0 Å². The van der Waals surface area contributed by atoms with Crippen molar-refractivity contribution in [2.24, 2.45) is 4.99 Å². The highest BCUT2D eigenvalue weighted by Crippen LogP contribution is 2.15. The van der Waals surface area contributed by atoms with E-state index in [9.17, 15) is 8.42 Å². The first kappa shape index (κ1) is 27.1. The van der Waals surface area contributed by atoms with Crippen LogP contribution in [0.1, 0.15) is 31.7 Å². The van der Waals surface area contributed by atoms with Crippen molar-refractivity contribution in [3.8, 4) is 0 Å². The molecule has 0 unspecified atom stereocenters. The van der Waals surface area contributed by atoms with Gasteiger partial charge in [-0.1, -0.05) is 12.1 Å². The van der Waals surface area contributed by atoms with Crippen molar-refractivity contribution in [3.05, 3.63) is 29.8 Å². The average Bonchev–Trinajstić information content (AvgIpc) is 2.75. The van der Waals surface area contributed by atoms with Gasteiger partial charge in [0.2, 0.25) is 10.0 Å². The van der Waals surface area contributed by atoms with Gasteiger partial charge in [-0.25, -0.2) is 18.1 Å². The fourth-order valence-corrected chi connectivity index (χ4v) is 3.90. The first-order valence-corrected chi connectivity index (χ1v) is 11.6. The summed E-state index contributed by atoms with van der Waals surface area (Å²) >= 11 is 0. The van der Waals surface area contributed by atoms with Crippen LogP contribution in [0, 0.1) is 0 Å². The van der Waals surface area contributed by atoms with Crippen molar-refractivity contribution in [2.75, 3.05) is 47.0 Å². The van der Waals surface area contributed by atoms with Crippen molar-refractivity contribution >= 4 is 40.0 Å². The smallest absolute Gasteiger partial charge is 0.240 e. The summed E-state index contributed by atoms with van der Waals surface area (Å²) in [7, 11) is -0.299. The molecular weight excluding hydrogens is 519 g/mol. The van der Waals surface area contributed by atoms with Crippen LogP contribution in [0.25, 0.3) is 0 Å². The van der Waals surface area contributed by atoms with Gasteiger partial charge >= 0.3 is 0 Å². The lowest BCUT2D eigenvalue weighted by molar-refractivity contribution is 0.00990. The second-order valence-corrected chi connectivity index (χ2v) is 8.81. The lowest BCUT2D eigenvalue weighted by Crippen LogP contribution is -2.47. The quantitative estimate of drug-likeness (QED) is 0.200. The molecule has 1 aliphatic rings. The number of ether oxygens (including phenoxy) is 2. The van der Waals surface area contributed by atoms with Gasteiger partial charge in [-0.05, 0) is 50.9 Å². The Morgan fingerprint density at radius 3 is 2.43 bits per heavy atom. The summed E-state index contributed by atoms with van der Waals surface area (Å²) in [5.41, 5.74) is 0.965. The second kappa shape index (κ2) is 14.2. The first-order chi connectivity index (χ1) is 14.0. The Bertz CT molecular complexity index is 736. The number of nitrogens with one attached hydrogen (secondary N) is 2. The van der Waals surface area contributed by atoms with Gasteiger partial charge in [0.05, 0.1) is 17.5 Å². The minimum Gasteiger partial charge on any atom is -0.385 e. The third-order valence-electron chi connectivity index (χ3n) is 4.84. The highest BCUT2D eigenvalue weighted by atomic mass is 127. The molecule has 1 heterocycles. The van der Waals surface area contributed by atoms with E-state index in [1.807, 2.05) is 0 Å². The van der Waals surface area contributed by atoms with Crippen LogP contribution < -0.4 is 10.0 Å². The predicted octanol–water partition coefficient (Wildman–Crippen LogP) is 2.20. The monoisotopic (exact) mass is 554 g/mol. The van der Waals surface area contributed by atoms with E-state index in [4.69, 9.17) is 14.5 Å². The van der Waals surface area contributed by atoms with Crippen molar-refractivity contribution in [3.63, 3.8) is 0 Å². The Balaban J connectivity index is 0.00000450. The van der Waals surface area contributed by atoms with E-state index < -0.39 is 10.0 Å². The molecule has 0 spiro atoms. The summed E-state index contributed by atoms with van der Waals surface area (Å²) in [5, 5.41) is 3.35. The summed E-state index contributed by atoms with van der Waals surface area (Å²) in [6.07, 6.45) is 3.18. The average molecular weight is 554 g/mol. The van der Waals surface area contributed by atoms with Crippen LogP contribution in [0.4, 0.5) is 0 Å². The maximum absolute atomic E-state index is 11.8. The zero-order valence-electron chi connectivity index (χ0n) is 18.1. The maximum atomic E-state index is 11.8. The fourth-order valence-electron chi connectivity index (χ4n) is 3.17. The minimum atomic E-state index is -3.41. The van der Waals surface area contributed by atoms with Gasteiger partial charge in [0.25, 0.3) is 0 Å². The number of hydrogen-bond donors (Lipinski definition) is 2. The number of halogens is 1. The lowest BCUT2D eigenvalue weighted by Gasteiger charge is -2.34. The third-order valence-corrected chi connectivity index (χ3v) is 6.27.